The number of aromatic nitrogens is 2. The fourth-order valence-electron chi connectivity index (χ4n) is 2.39. The molecule has 1 N–H and O–H groups in total. The molecule has 1 aliphatic rings. The average Bonchev–Trinajstić information content (AvgIpc) is 2.85. The SMILES string of the molecule is CCC(C)c1cc(N2CCC(NC(C)=O)C2)ncn1. The van der Waals surface area contributed by atoms with E-state index in [0.29, 0.717) is 5.92 Å². The number of amides is 1. The standard InChI is InChI=1S/C14H22N4O/c1-4-10(2)13-7-14(16-9-15-13)18-6-5-12(8-18)17-11(3)19/h7,9-10,12H,4-6,8H2,1-3H3,(H,17,19). The minimum Gasteiger partial charge on any atom is -0.354 e. The molecule has 2 unspecified atom stereocenters. The predicted octanol–water partition coefficient (Wildman–Crippen LogP) is 1.70. The molecule has 1 aliphatic heterocycles. The van der Waals surface area contributed by atoms with Crippen LogP contribution >= 0.6 is 0 Å². The molecule has 1 amide bonds. The maximum atomic E-state index is 11.1. The summed E-state index contributed by atoms with van der Waals surface area (Å²) in [5, 5.41) is 2.97. The van der Waals surface area contributed by atoms with Crippen LogP contribution in [0.1, 0.15) is 45.2 Å². The van der Waals surface area contributed by atoms with E-state index >= 15 is 0 Å². The molecule has 5 heteroatoms. The maximum absolute atomic E-state index is 11.1. The summed E-state index contributed by atoms with van der Waals surface area (Å²) in [6.07, 6.45) is 3.69. The van der Waals surface area contributed by atoms with Crippen LogP contribution in [0.4, 0.5) is 5.82 Å². The van der Waals surface area contributed by atoms with Crippen LogP contribution in [0.15, 0.2) is 12.4 Å². The van der Waals surface area contributed by atoms with E-state index < -0.39 is 0 Å². The van der Waals surface area contributed by atoms with Gasteiger partial charge >= 0.3 is 0 Å². The number of rotatable bonds is 4. The Bertz CT molecular complexity index is 449. The fraction of sp³-hybridized carbons (Fsp3) is 0.643. The summed E-state index contributed by atoms with van der Waals surface area (Å²) in [6, 6.07) is 2.31. The number of nitrogens with zero attached hydrogens (tertiary/aromatic N) is 3. The van der Waals surface area contributed by atoms with Crippen LogP contribution in [-0.2, 0) is 4.79 Å². The number of anilines is 1. The molecule has 0 aromatic carbocycles. The molecule has 1 fully saturated rings. The quantitative estimate of drug-likeness (QED) is 0.897. The van der Waals surface area contributed by atoms with Gasteiger partial charge in [-0.05, 0) is 18.8 Å². The molecule has 0 radical (unpaired) electrons. The minimum absolute atomic E-state index is 0.0369. The van der Waals surface area contributed by atoms with Crippen LogP contribution in [0.5, 0.6) is 0 Å². The summed E-state index contributed by atoms with van der Waals surface area (Å²) in [6.45, 7) is 7.66. The van der Waals surface area contributed by atoms with E-state index in [4.69, 9.17) is 0 Å². The summed E-state index contributed by atoms with van der Waals surface area (Å²) in [5.41, 5.74) is 1.09. The molecule has 0 spiro atoms. The Morgan fingerprint density at radius 2 is 2.37 bits per heavy atom. The Hall–Kier alpha value is -1.65. The Labute approximate surface area is 114 Å². The average molecular weight is 262 g/mol. The van der Waals surface area contributed by atoms with Gasteiger partial charge < -0.3 is 10.2 Å². The first-order valence-corrected chi connectivity index (χ1v) is 6.94. The summed E-state index contributed by atoms with van der Waals surface area (Å²) < 4.78 is 0. The van der Waals surface area contributed by atoms with Crippen LogP contribution < -0.4 is 10.2 Å². The molecule has 104 valence electrons. The molecular weight excluding hydrogens is 240 g/mol. The molecule has 0 saturated carbocycles. The van der Waals surface area contributed by atoms with Gasteiger partial charge in [0.25, 0.3) is 0 Å². The van der Waals surface area contributed by atoms with Gasteiger partial charge in [-0.2, -0.15) is 0 Å². The Balaban J connectivity index is 2.05. The minimum atomic E-state index is 0.0369. The highest BCUT2D eigenvalue weighted by Crippen LogP contribution is 2.22. The van der Waals surface area contributed by atoms with E-state index in [-0.39, 0.29) is 11.9 Å². The van der Waals surface area contributed by atoms with Crippen molar-refractivity contribution in [2.75, 3.05) is 18.0 Å². The van der Waals surface area contributed by atoms with Gasteiger partial charge in [0.15, 0.2) is 0 Å². The van der Waals surface area contributed by atoms with Crippen molar-refractivity contribution in [1.82, 2.24) is 15.3 Å². The van der Waals surface area contributed by atoms with Crippen molar-refractivity contribution in [1.29, 1.82) is 0 Å². The van der Waals surface area contributed by atoms with E-state index in [1.54, 1.807) is 13.3 Å². The lowest BCUT2D eigenvalue weighted by atomic mass is 10.1. The van der Waals surface area contributed by atoms with Gasteiger partial charge in [0.2, 0.25) is 5.91 Å². The molecule has 19 heavy (non-hydrogen) atoms. The highest BCUT2D eigenvalue weighted by atomic mass is 16.1. The second-order valence-corrected chi connectivity index (χ2v) is 5.24. The molecule has 1 aromatic rings. The highest BCUT2D eigenvalue weighted by Gasteiger charge is 2.24. The van der Waals surface area contributed by atoms with Crippen LogP contribution in [0.25, 0.3) is 0 Å². The third kappa shape index (κ3) is 3.43. The van der Waals surface area contributed by atoms with Crippen molar-refractivity contribution < 1.29 is 4.79 Å². The van der Waals surface area contributed by atoms with Crippen molar-refractivity contribution >= 4 is 11.7 Å². The number of hydrogen-bond acceptors (Lipinski definition) is 4. The molecule has 1 saturated heterocycles. The largest absolute Gasteiger partial charge is 0.354 e. The van der Waals surface area contributed by atoms with Crippen molar-refractivity contribution in [2.24, 2.45) is 0 Å². The molecule has 0 bridgehead atoms. The van der Waals surface area contributed by atoms with E-state index in [1.165, 1.54) is 0 Å². The van der Waals surface area contributed by atoms with E-state index in [0.717, 1.165) is 37.4 Å². The van der Waals surface area contributed by atoms with Gasteiger partial charge in [-0.15, -0.1) is 0 Å². The van der Waals surface area contributed by atoms with Crippen molar-refractivity contribution in [3.63, 3.8) is 0 Å². The van der Waals surface area contributed by atoms with E-state index in [2.05, 4.69) is 40.1 Å². The zero-order chi connectivity index (χ0) is 13.8. The molecule has 0 aliphatic carbocycles. The Morgan fingerprint density at radius 3 is 3.05 bits per heavy atom. The molecular formula is C14H22N4O. The third-order valence-corrected chi connectivity index (χ3v) is 3.71. The first-order valence-electron chi connectivity index (χ1n) is 6.94. The lowest BCUT2D eigenvalue weighted by Gasteiger charge is -2.19. The normalized spacial score (nSPS) is 20.4. The van der Waals surface area contributed by atoms with Crippen LogP contribution in [0, 0.1) is 0 Å². The smallest absolute Gasteiger partial charge is 0.217 e. The maximum Gasteiger partial charge on any atom is 0.217 e. The zero-order valence-electron chi connectivity index (χ0n) is 11.9. The number of hydrogen-bond donors (Lipinski definition) is 1. The zero-order valence-corrected chi connectivity index (χ0v) is 11.9. The first kappa shape index (κ1) is 13.8. The number of carbonyl (C=O) groups is 1. The van der Waals surface area contributed by atoms with Gasteiger partial charge in [0, 0.05) is 37.8 Å². The summed E-state index contributed by atoms with van der Waals surface area (Å²) in [5.74, 6) is 1.46. The molecule has 2 heterocycles. The number of nitrogens with one attached hydrogen (secondary N) is 1. The third-order valence-electron chi connectivity index (χ3n) is 3.71. The number of carbonyl (C=O) groups excluding carboxylic acids is 1. The molecule has 2 rings (SSSR count). The van der Waals surface area contributed by atoms with Crippen molar-refractivity contribution in [2.45, 2.75) is 45.6 Å². The fourth-order valence-corrected chi connectivity index (χ4v) is 2.39. The monoisotopic (exact) mass is 262 g/mol. The lowest BCUT2D eigenvalue weighted by Crippen LogP contribution is -2.35. The van der Waals surface area contributed by atoms with Gasteiger partial charge in [0.1, 0.15) is 12.1 Å². The molecule has 5 nitrogen and oxygen atoms in total. The molecule has 2 atom stereocenters. The molecule has 1 aromatic heterocycles. The summed E-state index contributed by atoms with van der Waals surface area (Å²) in [4.78, 5) is 22.0. The van der Waals surface area contributed by atoms with E-state index in [9.17, 15) is 4.79 Å². The first-order chi connectivity index (χ1) is 9.10. The van der Waals surface area contributed by atoms with Crippen LogP contribution in [-0.4, -0.2) is 35.0 Å². The van der Waals surface area contributed by atoms with Gasteiger partial charge in [0.05, 0.1) is 0 Å². The van der Waals surface area contributed by atoms with Gasteiger partial charge in [-0.25, -0.2) is 9.97 Å². The second-order valence-electron chi connectivity index (χ2n) is 5.24. The van der Waals surface area contributed by atoms with Crippen molar-refractivity contribution in [3.8, 4) is 0 Å². The predicted molar refractivity (Wildman–Crippen MR) is 75.2 cm³/mol. The Kier molecular flexibility index (Phi) is 4.35. The Morgan fingerprint density at radius 1 is 1.58 bits per heavy atom. The lowest BCUT2D eigenvalue weighted by molar-refractivity contribution is -0.119. The summed E-state index contributed by atoms with van der Waals surface area (Å²) in [7, 11) is 0. The van der Waals surface area contributed by atoms with Gasteiger partial charge in [-0.3, -0.25) is 4.79 Å². The summed E-state index contributed by atoms with van der Waals surface area (Å²) >= 11 is 0. The van der Waals surface area contributed by atoms with Crippen LogP contribution in [0.2, 0.25) is 0 Å². The van der Waals surface area contributed by atoms with E-state index in [1.807, 2.05) is 0 Å². The van der Waals surface area contributed by atoms with Crippen molar-refractivity contribution in [3.05, 3.63) is 18.1 Å². The highest BCUT2D eigenvalue weighted by molar-refractivity contribution is 5.73. The topological polar surface area (TPSA) is 58.1 Å². The second kappa shape index (κ2) is 5.99. The van der Waals surface area contributed by atoms with Gasteiger partial charge in [-0.1, -0.05) is 13.8 Å². The van der Waals surface area contributed by atoms with Crippen LogP contribution in [0.3, 0.4) is 0 Å².